The highest BCUT2D eigenvalue weighted by atomic mass is 16.6. The molecule has 1 aliphatic rings. The summed E-state index contributed by atoms with van der Waals surface area (Å²) in [6.45, 7) is 2.48. The van der Waals surface area contributed by atoms with Crippen molar-refractivity contribution in [3.63, 3.8) is 0 Å². The first-order valence-electron chi connectivity index (χ1n) is 9.33. The van der Waals surface area contributed by atoms with Gasteiger partial charge in [-0.05, 0) is 30.5 Å². The molecule has 0 unspecified atom stereocenters. The number of carbonyl (C=O) groups excluding carboxylic acids is 1. The highest BCUT2D eigenvalue weighted by Gasteiger charge is 2.22. The average molecular weight is 379 g/mol. The van der Waals surface area contributed by atoms with E-state index < -0.39 is 0 Å². The molecule has 0 saturated carbocycles. The number of likely N-dealkylation sites (tertiary alicyclic amines) is 1. The van der Waals surface area contributed by atoms with Crippen molar-refractivity contribution in [1.29, 1.82) is 0 Å². The monoisotopic (exact) mass is 379 g/mol. The fraction of sp³-hybridized carbons (Fsp3) is 0.286. The maximum absolute atomic E-state index is 12.5. The number of nitro benzene ring substituents is 1. The van der Waals surface area contributed by atoms with Crippen molar-refractivity contribution in [1.82, 2.24) is 10.2 Å². The fourth-order valence-electron chi connectivity index (χ4n) is 3.57. The van der Waals surface area contributed by atoms with Gasteiger partial charge in [0.05, 0.1) is 4.92 Å². The molecule has 1 N–H and O–H groups in total. The van der Waals surface area contributed by atoms with Crippen molar-refractivity contribution in [3.05, 3.63) is 76.0 Å². The van der Waals surface area contributed by atoms with Crippen molar-refractivity contribution >= 4 is 22.6 Å². The number of piperidine rings is 1. The van der Waals surface area contributed by atoms with Gasteiger partial charge in [-0.2, -0.15) is 0 Å². The van der Waals surface area contributed by atoms with Gasteiger partial charge in [-0.25, -0.2) is 0 Å². The summed E-state index contributed by atoms with van der Waals surface area (Å²) < 4.78 is 5.63. The van der Waals surface area contributed by atoms with Crippen LogP contribution in [0.4, 0.5) is 5.69 Å². The van der Waals surface area contributed by atoms with Gasteiger partial charge in [0.15, 0.2) is 5.76 Å². The van der Waals surface area contributed by atoms with Gasteiger partial charge in [0.25, 0.3) is 11.6 Å². The predicted octanol–water partition coefficient (Wildman–Crippen LogP) is 3.74. The molecule has 1 fully saturated rings. The van der Waals surface area contributed by atoms with E-state index in [1.54, 1.807) is 18.2 Å². The summed E-state index contributed by atoms with van der Waals surface area (Å²) in [5, 5.41) is 14.7. The van der Waals surface area contributed by atoms with Gasteiger partial charge in [0.1, 0.15) is 5.58 Å². The number of nitrogens with one attached hydrogen (secondary N) is 1. The van der Waals surface area contributed by atoms with Gasteiger partial charge in [-0.1, -0.05) is 30.3 Å². The number of hydrogen-bond donors (Lipinski definition) is 1. The Bertz CT molecular complexity index is 955. The summed E-state index contributed by atoms with van der Waals surface area (Å²) in [4.78, 5) is 25.1. The molecule has 2 heterocycles. The lowest BCUT2D eigenvalue weighted by Gasteiger charge is -2.32. The Morgan fingerprint density at radius 3 is 2.54 bits per heavy atom. The minimum absolute atomic E-state index is 0.107. The van der Waals surface area contributed by atoms with Crippen molar-refractivity contribution in [2.75, 3.05) is 13.1 Å². The van der Waals surface area contributed by atoms with E-state index in [0.717, 1.165) is 43.4 Å². The van der Waals surface area contributed by atoms with Crippen LogP contribution in [0.3, 0.4) is 0 Å². The maximum Gasteiger partial charge on any atom is 0.287 e. The fourth-order valence-corrected chi connectivity index (χ4v) is 3.57. The smallest absolute Gasteiger partial charge is 0.287 e. The van der Waals surface area contributed by atoms with E-state index in [0.29, 0.717) is 11.3 Å². The molecule has 0 bridgehead atoms. The summed E-state index contributed by atoms with van der Waals surface area (Å²) in [6.07, 6.45) is 1.72. The first-order chi connectivity index (χ1) is 13.6. The normalized spacial score (nSPS) is 15.6. The maximum atomic E-state index is 12.5. The number of fused-ring (bicyclic) bond motifs is 1. The van der Waals surface area contributed by atoms with Gasteiger partial charge >= 0.3 is 0 Å². The minimum Gasteiger partial charge on any atom is -0.451 e. The number of rotatable bonds is 5. The molecule has 0 spiro atoms. The number of hydrogen-bond acceptors (Lipinski definition) is 5. The molecule has 1 amide bonds. The molecule has 7 nitrogen and oxygen atoms in total. The Morgan fingerprint density at radius 1 is 1.14 bits per heavy atom. The van der Waals surface area contributed by atoms with Crippen LogP contribution < -0.4 is 5.32 Å². The van der Waals surface area contributed by atoms with Gasteiger partial charge < -0.3 is 9.73 Å². The lowest BCUT2D eigenvalue weighted by Crippen LogP contribution is -2.44. The summed E-state index contributed by atoms with van der Waals surface area (Å²) in [5.74, 6) is 0.166. The molecule has 0 aliphatic carbocycles. The summed E-state index contributed by atoms with van der Waals surface area (Å²) in [5.41, 5.74) is 1.87. The topological polar surface area (TPSA) is 88.6 Å². The van der Waals surface area contributed by atoms with Gasteiger partial charge in [-0.15, -0.1) is 0 Å². The zero-order valence-electron chi connectivity index (χ0n) is 15.3. The van der Waals surface area contributed by atoms with E-state index in [1.165, 1.54) is 12.1 Å². The Balaban J connectivity index is 1.29. The summed E-state index contributed by atoms with van der Waals surface area (Å²) >= 11 is 0. The lowest BCUT2D eigenvalue weighted by molar-refractivity contribution is -0.384. The third-order valence-electron chi connectivity index (χ3n) is 5.13. The van der Waals surface area contributed by atoms with Crippen molar-refractivity contribution < 1.29 is 14.1 Å². The zero-order chi connectivity index (χ0) is 19.5. The van der Waals surface area contributed by atoms with E-state index in [9.17, 15) is 14.9 Å². The average Bonchev–Trinajstić information content (AvgIpc) is 3.14. The Hall–Kier alpha value is -3.19. The first-order valence-corrected chi connectivity index (χ1v) is 9.33. The number of benzene rings is 2. The standard InChI is InChI=1S/C21H21N3O4/c25-21(20-13-16-3-1-2-4-19(16)28-20)22-17-9-11-23(12-10-17)14-15-5-7-18(8-6-15)24(26)27/h1-8,13,17H,9-12,14H2,(H,22,25). The number of non-ortho nitro benzene ring substituents is 1. The second kappa shape index (κ2) is 7.82. The van der Waals surface area contributed by atoms with Crippen LogP contribution in [0.15, 0.2) is 59.0 Å². The zero-order valence-corrected chi connectivity index (χ0v) is 15.3. The van der Waals surface area contributed by atoms with Crippen LogP contribution >= 0.6 is 0 Å². The molecule has 1 saturated heterocycles. The molecule has 3 aromatic rings. The predicted molar refractivity (Wildman–Crippen MR) is 105 cm³/mol. The molecule has 28 heavy (non-hydrogen) atoms. The summed E-state index contributed by atoms with van der Waals surface area (Å²) in [7, 11) is 0. The Morgan fingerprint density at radius 2 is 1.86 bits per heavy atom. The van der Waals surface area contributed by atoms with Crippen LogP contribution in [-0.2, 0) is 6.54 Å². The van der Waals surface area contributed by atoms with E-state index in [-0.39, 0.29) is 22.6 Å². The molecule has 2 aromatic carbocycles. The molecule has 1 aliphatic heterocycles. The van der Waals surface area contributed by atoms with Crippen LogP contribution in [0, 0.1) is 10.1 Å². The first kappa shape index (κ1) is 18.2. The number of para-hydroxylation sites is 1. The van der Waals surface area contributed by atoms with E-state index in [2.05, 4.69) is 10.2 Å². The van der Waals surface area contributed by atoms with Gasteiger partial charge in [0.2, 0.25) is 0 Å². The molecular formula is C21H21N3O4. The van der Waals surface area contributed by atoms with Crippen molar-refractivity contribution in [2.24, 2.45) is 0 Å². The molecule has 144 valence electrons. The minimum atomic E-state index is -0.389. The Kier molecular flexibility index (Phi) is 5.08. The Labute approximate surface area is 162 Å². The van der Waals surface area contributed by atoms with Crippen LogP contribution in [-0.4, -0.2) is 34.9 Å². The number of carbonyl (C=O) groups is 1. The molecule has 0 radical (unpaired) electrons. The number of nitrogens with zero attached hydrogens (tertiary/aromatic N) is 2. The molecule has 1 aromatic heterocycles. The highest BCUT2D eigenvalue weighted by molar-refractivity contribution is 5.96. The third kappa shape index (κ3) is 4.04. The van der Waals surface area contributed by atoms with E-state index in [1.807, 2.05) is 24.3 Å². The van der Waals surface area contributed by atoms with E-state index >= 15 is 0 Å². The highest BCUT2D eigenvalue weighted by Crippen LogP contribution is 2.20. The van der Waals surface area contributed by atoms with Crippen molar-refractivity contribution in [2.45, 2.75) is 25.4 Å². The van der Waals surface area contributed by atoms with Gasteiger partial charge in [-0.3, -0.25) is 19.8 Å². The molecular weight excluding hydrogens is 358 g/mol. The lowest BCUT2D eigenvalue weighted by atomic mass is 10.0. The van der Waals surface area contributed by atoms with Crippen LogP contribution in [0.2, 0.25) is 0 Å². The number of nitro groups is 1. The SMILES string of the molecule is O=C(NC1CCN(Cc2ccc([N+](=O)[O-])cc2)CC1)c1cc2ccccc2o1. The quantitative estimate of drug-likeness (QED) is 0.539. The molecule has 4 rings (SSSR count). The van der Waals surface area contributed by atoms with Crippen LogP contribution in [0.25, 0.3) is 11.0 Å². The largest absolute Gasteiger partial charge is 0.451 e. The molecule has 7 heteroatoms. The number of amides is 1. The number of furan rings is 1. The second-order valence-electron chi connectivity index (χ2n) is 7.10. The summed E-state index contributed by atoms with van der Waals surface area (Å²) in [6, 6.07) is 16.1. The third-order valence-corrected chi connectivity index (χ3v) is 5.13. The second-order valence-corrected chi connectivity index (χ2v) is 7.10. The van der Waals surface area contributed by atoms with E-state index in [4.69, 9.17) is 4.42 Å². The van der Waals surface area contributed by atoms with Crippen LogP contribution in [0.5, 0.6) is 0 Å². The van der Waals surface area contributed by atoms with Gasteiger partial charge in [0, 0.05) is 43.2 Å². The van der Waals surface area contributed by atoms with Crippen molar-refractivity contribution in [3.8, 4) is 0 Å². The van der Waals surface area contributed by atoms with Crippen LogP contribution in [0.1, 0.15) is 29.0 Å². The molecule has 0 atom stereocenters.